The van der Waals surface area contributed by atoms with Crippen LogP contribution in [0.4, 0.5) is 0 Å². The van der Waals surface area contributed by atoms with Crippen LogP contribution in [0.3, 0.4) is 0 Å². The van der Waals surface area contributed by atoms with Crippen LogP contribution in [0.2, 0.25) is 0 Å². The number of hydrogen-bond acceptors (Lipinski definition) is 5. The Morgan fingerprint density at radius 2 is 1.65 bits per heavy atom. The maximum Gasteiger partial charge on any atom is 0.243 e. The molecule has 0 bridgehead atoms. The van der Waals surface area contributed by atoms with Crippen molar-refractivity contribution in [3.63, 3.8) is 0 Å². The van der Waals surface area contributed by atoms with Crippen LogP contribution in [0.25, 0.3) is 0 Å². The van der Waals surface area contributed by atoms with Crippen molar-refractivity contribution in [2.45, 2.75) is 140 Å². The molecule has 0 radical (unpaired) electrons. The Labute approximate surface area is 262 Å². The molecule has 0 heterocycles. The van der Waals surface area contributed by atoms with E-state index in [9.17, 15) is 19.6 Å². The lowest BCUT2D eigenvalue weighted by Crippen LogP contribution is -2.55. The average molecular weight is 597 g/mol. The van der Waals surface area contributed by atoms with E-state index in [1.807, 2.05) is 26.0 Å². The minimum absolute atomic E-state index is 0.00411. The van der Waals surface area contributed by atoms with Gasteiger partial charge in [0, 0.05) is 17.3 Å². The van der Waals surface area contributed by atoms with E-state index >= 15 is 0 Å². The summed E-state index contributed by atoms with van der Waals surface area (Å²) in [6.45, 7) is 23.8. The molecule has 0 aromatic carbocycles. The smallest absolute Gasteiger partial charge is 0.243 e. The summed E-state index contributed by atoms with van der Waals surface area (Å²) in [6, 6.07) is 2.18. The lowest BCUT2D eigenvalue weighted by atomic mass is 9.42. The van der Waals surface area contributed by atoms with Crippen molar-refractivity contribution in [2.75, 3.05) is 7.11 Å². The standard InChI is InChI=1S/C37H60N2O4/c1-13-16-32(3,4)19-21-35(9,17-15-30(41)39-43-12)22-20-33(5,6)37(11)18-14-28-34(7,8)31(42)27(25-38)24-36(28,10)29(37)23-26(2)40/h23-24,28H,13-22H2,1-12H3,(H,39,41)/b29-23-/t28-,35-,36-,37+/m0/s1. The zero-order valence-electron chi connectivity index (χ0n) is 29.4. The topological polar surface area (TPSA) is 96.3 Å². The fourth-order valence-electron chi connectivity index (χ4n) is 8.40. The Kier molecular flexibility index (Phi) is 11.5. The normalized spacial score (nSPS) is 28.0. The number of nitriles is 1. The molecule has 2 rings (SSSR count). The number of carbonyl (C=O) groups excluding carboxylic acids is 3. The van der Waals surface area contributed by atoms with E-state index in [4.69, 9.17) is 4.84 Å². The summed E-state index contributed by atoms with van der Waals surface area (Å²) < 4.78 is 0. The van der Waals surface area contributed by atoms with E-state index in [1.165, 1.54) is 13.5 Å². The van der Waals surface area contributed by atoms with E-state index in [2.05, 4.69) is 66.9 Å². The first-order chi connectivity index (χ1) is 19.6. The molecule has 0 aromatic rings. The van der Waals surface area contributed by atoms with Crippen molar-refractivity contribution in [3.8, 4) is 6.07 Å². The number of nitrogens with one attached hydrogen (secondary N) is 1. The molecule has 6 nitrogen and oxygen atoms in total. The van der Waals surface area contributed by atoms with E-state index < -0.39 is 10.8 Å². The average Bonchev–Trinajstić information content (AvgIpc) is 2.90. The Hall–Kier alpha value is -2.26. The highest BCUT2D eigenvalue weighted by Crippen LogP contribution is 2.67. The molecule has 0 aromatic heterocycles. The van der Waals surface area contributed by atoms with Crippen molar-refractivity contribution < 1.29 is 19.2 Å². The zero-order chi connectivity index (χ0) is 33.1. The number of rotatable bonds is 14. The molecule has 2 aliphatic rings. The second-order valence-corrected chi connectivity index (χ2v) is 16.4. The van der Waals surface area contributed by atoms with Gasteiger partial charge in [-0.05, 0) is 91.9 Å². The largest absolute Gasteiger partial charge is 0.295 e. The van der Waals surface area contributed by atoms with Crippen LogP contribution in [0.1, 0.15) is 140 Å². The Morgan fingerprint density at radius 1 is 1.05 bits per heavy atom. The summed E-state index contributed by atoms with van der Waals surface area (Å²) in [6.07, 6.45) is 12.9. The molecule has 0 saturated heterocycles. The van der Waals surface area contributed by atoms with Crippen molar-refractivity contribution in [1.82, 2.24) is 5.48 Å². The number of carbonyl (C=O) groups is 3. The lowest BCUT2D eigenvalue weighted by Gasteiger charge is -2.61. The molecule has 0 aliphatic heterocycles. The zero-order valence-corrected chi connectivity index (χ0v) is 29.4. The summed E-state index contributed by atoms with van der Waals surface area (Å²) >= 11 is 0. The van der Waals surface area contributed by atoms with Gasteiger partial charge in [-0.2, -0.15) is 5.26 Å². The van der Waals surface area contributed by atoms with Gasteiger partial charge in [-0.3, -0.25) is 19.2 Å². The third kappa shape index (κ3) is 7.88. The Bertz CT molecular complexity index is 1170. The van der Waals surface area contributed by atoms with Gasteiger partial charge in [0.1, 0.15) is 6.07 Å². The maximum absolute atomic E-state index is 13.3. The summed E-state index contributed by atoms with van der Waals surface area (Å²) in [7, 11) is 1.47. The maximum atomic E-state index is 13.3. The fraction of sp³-hybridized carbons (Fsp3) is 0.784. The molecule has 0 unspecified atom stereocenters. The third-order valence-electron chi connectivity index (χ3n) is 11.8. The molecule has 43 heavy (non-hydrogen) atoms. The molecule has 1 saturated carbocycles. The molecule has 6 heteroatoms. The van der Waals surface area contributed by atoms with Gasteiger partial charge >= 0.3 is 0 Å². The Morgan fingerprint density at radius 3 is 2.19 bits per heavy atom. The highest BCUT2D eigenvalue weighted by atomic mass is 16.6. The lowest BCUT2D eigenvalue weighted by molar-refractivity contribution is -0.132. The van der Waals surface area contributed by atoms with Gasteiger partial charge in [-0.1, -0.05) is 87.3 Å². The highest BCUT2D eigenvalue weighted by Gasteiger charge is 2.61. The number of hydroxylamine groups is 1. The molecular weight excluding hydrogens is 536 g/mol. The summed E-state index contributed by atoms with van der Waals surface area (Å²) in [5.41, 5.74) is 2.15. The van der Waals surface area contributed by atoms with Crippen LogP contribution >= 0.6 is 0 Å². The number of allylic oxidation sites excluding steroid dienone is 4. The molecule has 242 valence electrons. The fourth-order valence-corrected chi connectivity index (χ4v) is 8.40. The van der Waals surface area contributed by atoms with Crippen LogP contribution in [0.15, 0.2) is 23.3 Å². The van der Waals surface area contributed by atoms with Crippen LogP contribution in [0.5, 0.6) is 0 Å². The van der Waals surface area contributed by atoms with Gasteiger partial charge in [0.2, 0.25) is 5.91 Å². The SMILES string of the molecule is CCCC(C)(C)CC[C@](C)(CCC(=O)NOC)CCC(C)(C)[C@]1(C)CC[C@H]2C(C)(C)C(=O)C(C#N)=C[C@]2(C)/C1=C/C(C)=O. The summed E-state index contributed by atoms with van der Waals surface area (Å²) in [5.74, 6) is -0.195. The van der Waals surface area contributed by atoms with E-state index in [0.29, 0.717) is 6.42 Å². The first-order valence-corrected chi connectivity index (χ1v) is 16.4. The summed E-state index contributed by atoms with van der Waals surface area (Å²) in [5, 5.41) is 9.93. The third-order valence-corrected chi connectivity index (χ3v) is 11.8. The van der Waals surface area contributed by atoms with E-state index in [0.717, 1.165) is 56.9 Å². The van der Waals surface area contributed by atoms with Gasteiger partial charge in [0.15, 0.2) is 11.6 Å². The minimum Gasteiger partial charge on any atom is -0.295 e. The van der Waals surface area contributed by atoms with Crippen LogP contribution in [-0.2, 0) is 19.2 Å². The number of hydrogen-bond donors (Lipinski definition) is 1. The van der Waals surface area contributed by atoms with Crippen molar-refractivity contribution in [3.05, 3.63) is 23.3 Å². The van der Waals surface area contributed by atoms with E-state index in [1.54, 1.807) is 6.92 Å². The summed E-state index contributed by atoms with van der Waals surface area (Å²) in [4.78, 5) is 43.4. The molecule has 0 spiro atoms. The molecular formula is C37H60N2O4. The molecule has 2 aliphatic carbocycles. The number of Topliss-reactive ketones (excluding diaryl/α,β-unsaturated/α-hetero) is 1. The predicted octanol–water partition coefficient (Wildman–Crippen LogP) is 8.86. The number of fused-ring (bicyclic) bond motifs is 1. The molecule has 4 atom stereocenters. The van der Waals surface area contributed by atoms with Crippen LogP contribution in [0, 0.1) is 49.7 Å². The van der Waals surface area contributed by atoms with Crippen LogP contribution < -0.4 is 5.48 Å². The van der Waals surface area contributed by atoms with Gasteiger partial charge in [-0.25, -0.2) is 5.48 Å². The number of amides is 1. The quantitative estimate of drug-likeness (QED) is 0.160. The van der Waals surface area contributed by atoms with E-state index in [-0.39, 0.29) is 50.6 Å². The second kappa shape index (κ2) is 13.4. The second-order valence-electron chi connectivity index (χ2n) is 16.4. The van der Waals surface area contributed by atoms with Crippen LogP contribution in [-0.4, -0.2) is 24.6 Å². The molecule has 1 fully saturated rings. The van der Waals surface area contributed by atoms with Gasteiger partial charge in [-0.15, -0.1) is 0 Å². The highest BCUT2D eigenvalue weighted by molar-refractivity contribution is 6.04. The molecule has 1 N–H and O–H groups in total. The van der Waals surface area contributed by atoms with Gasteiger partial charge in [0.25, 0.3) is 0 Å². The van der Waals surface area contributed by atoms with Gasteiger partial charge in [0.05, 0.1) is 12.7 Å². The van der Waals surface area contributed by atoms with Gasteiger partial charge < -0.3 is 0 Å². The molecule has 1 amide bonds. The Balaban J connectivity index is 2.51. The minimum atomic E-state index is -0.692. The first-order valence-electron chi connectivity index (χ1n) is 16.4. The number of ketones is 2. The van der Waals surface area contributed by atoms with Crippen molar-refractivity contribution in [2.24, 2.45) is 38.4 Å². The number of nitrogens with zero attached hydrogens (tertiary/aromatic N) is 1. The predicted molar refractivity (Wildman–Crippen MR) is 174 cm³/mol. The first kappa shape index (κ1) is 36.9. The monoisotopic (exact) mass is 596 g/mol. The van der Waals surface area contributed by atoms with Crippen molar-refractivity contribution >= 4 is 17.5 Å². The van der Waals surface area contributed by atoms with Crippen molar-refractivity contribution in [1.29, 1.82) is 5.26 Å².